The van der Waals surface area contributed by atoms with Crippen LogP contribution < -0.4 is 15.4 Å². The minimum atomic E-state index is -0.0219. The highest BCUT2D eigenvalue weighted by Gasteiger charge is 2.26. The van der Waals surface area contributed by atoms with Crippen LogP contribution in [0.25, 0.3) is 0 Å². The Morgan fingerprint density at radius 1 is 1.19 bits per heavy atom. The second-order valence-electron chi connectivity index (χ2n) is 8.09. The lowest BCUT2D eigenvalue weighted by atomic mass is 9.98. The summed E-state index contributed by atoms with van der Waals surface area (Å²) in [6.45, 7) is 6.67. The zero-order valence-corrected chi connectivity index (χ0v) is 21.8. The molecule has 1 aliphatic heterocycles. The van der Waals surface area contributed by atoms with Gasteiger partial charge in [-0.15, -0.1) is 24.0 Å². The summed E-state index contributed by atoms with van der Waals surface area (Å²) in [4.78, 5) is 19.0. The molecular weight excluding hydrogens is 515 g/mol. The number of likely N-dealkylation sites (tertiary alicyclic amines) is 1. The van der Waals surface area contributed by atoms with E-state index in [-0.39, 0.29) is 35.9 Å². The zero-order chi connectivity index (χ0) is 22.2. The smallest absolute Gasteiger partial charge is 0.251 e. The van der Waals surface area contributed by atoms with E-state index < -0.39 is 0 Å². The van der Waals surface area contributed by atoms with Gasteiger partial charge >= 0.3 is 0 Å². The number of benzene rings is 2. The number of nitrogens with one attached hydrogen (secondary N) is 2. The fourth-order valence-corrected chi connectivity index (χ4v) is 3.80. The van der Waals surface area contributed by atoms with Crippen molar-refractivity contribution in [3.8, 4) is 5.75 Å². The van der Waals surface area contributed by atoms with Crippen LogP contribution in [0.15, 0.2) is 53.5 Å². The molecule has 1 saturated heterocycles. The molecule has 3 rings (SSSR count). The minimum absolute atomic E-state index is 0. The van der Waals surface area contributed by atoms with E-state index in [1.54, 1.807) is 7.11 Å². The molecule has 1 heterocycles. The van der Waals surface area contributed by atoms with E-state index >= 15 is 0 Å². The molecule has 2 N–H and O–H groups in total. The van der Waals surface area contributed by atoms with Crippen LogP contribution >= 0.6 is 24.0 Å². The third-order valence-electron chi connectivity index (χ3n) is 5.94. The summed E-state index contributed by atoms with van der Waals surface area (Å²) in [5.41, 5.74) is 3.15. The lowest BCUT2D eigenvalue weighted by Crippen LogP contribution is -2.39. The van der Waals surface area contributed by atoms with Gasteiger partial charge in [-0.2, -0.15) is 0 Å². The Labute approximate surface area is 208 Å². The van der Waals surface area contributed by atoms with Gasteiger partial charge in [-0.1, -0.05) is 31.2 Å². The number of amides is 1. The summed E-state index contributed by atoms with van der Waals surface area (Å²) in [5, 5.41) is 6.46. The molecule has 1 aliphatic rings. The third kappa shape index (κ3) is 6.85. The highest BCUT2D eigenvalue weighted by Crippen LogP contribution is 2.28. The first-order valence-electron chi connectivity index (χ1n) is 11.0. The van der Waals surface area contributed by atoms with E-state index in [2.05, 4.69) is 39.6 Å². The van der Waals surface area contributed by atoms with Gasteiger partial charge < -0.3 is 20.3 Å². The van der Waals surface area contributed by atoms with E-state index in [0.717, 1.165) is 43.2 Å². The minimum Gasteiger partial charge on any atom is -0.497 e. The van der Waals surface area contributed by atoms with Crippen LogP contribution in [0.4, 0.5) is 0 Å². The van der Waals surface area contributed by atoms with Crippen molar-refractivity contribution in [3.05, 3.63) is 65.2 Å². The van der Waals surface area contributed by atoms with Gasteiger partial charge in [-0.05, 0) is 55.2 Å². The van der Waals surface area contributed by atoms with Gasteiger partial charge in [-0.3, -0.25) is 9.79 Å². The van der Waals surface area contributed by atoms with Gasteiger partial charge in [0.2, 0.25) is 0 Å². The van der Waals surface area contributed by atoms with Crippen LogP contribution in [0.2, 0.25) is 0 Å². The number of aliphatic imine (C=N–C) groups is 1. The summed E-state index contributed by atoms with van der Waals surface area (Å²) in [7, 11) is 3.52. The maximum absolute atomic E-state index is 12.2. The molecule has 2 aromatic rings. The van der Waals surface area contributed by atoms with E-state index in [1.807, 2.05) is 50.4 Å². The molecule has 1 amide bonds. The summed E-state index contributed by atoms with van der Waals surface area (Å²) in [6, 6.07) is 16.3. The Kier molecular flexibility index (Phi) is 10.3. The SMILES string of the molecule is CCC(C)NC(=O)c1ccc(CNC(=NC)N2CCC(c3ccc(OC)cc3)C2)cc1.I. The topological polar surface area (TPSA) is 66.0 Å². The molecule has 1 fully saturated rings. The number of carbonyl (C=O) groups excluding carboxylic acids is 1. The van der Waals surface area contributed by atoms with Crippen molar-refractivity contribution in [2.45, 2.75) is 45.2 Å². The van der Waals surface area contributed by atoms with Crippen molar-refractivity contribution >= 4 is 35.8 Å². The number of halogens is 1. The van der Waals surface area contributed by atoms with Crippen molar-refractivity contribution in [2.75, 3.05) is 27.2 Å². The Morgan fingerprint density at radius 2 is 1.88 bits per heavy atom. The summed E-state index contributed by atoms with van der Waals surface area (Å²) < 4.78 is 5.26. The third-order valence-corrected chi connectivity index (χ3v) is 5.94. The highest BCUT2D eigenvalue weighted by molar-refractivity contribution is 14.0. The molecule has 0 radical (unpaired) electrons. The predicted molar refractivity (Wildman–Crippen MR) is 141 cm³/mol. The van der Waals surface area contributed by atoms with E-state index in [9.17, 15) is 4.79 Å². The van der Waals surface area contributed by atoms with Gasteiger partial charge in [-0.25, -0.2) is 0 Å². The Balaban J connectivity index is 0.00000363. The molecule has 0 spiro atoms. The fourth-order valence-electron chi connectivity index (χ4n) is 3.80. The molecule has 2 unspecified atom stereocenters. The molecule has 174 valence electrons. The molecule has 0 saturated carbocycles. The number of hydrogen-bond donors (Lipinski definition) is 2. The lowest BCUT2D eigenvalue weighted by molar-refractivity contribution is 0.0939. The van der Waals surface area contributed by atoms with E-state index in [0.29, 0.717) is 18.0 Å². The largest absolute Gasteiger partial charge is 0.497 e. The molecule has 2 aromatic carbocycles. The molecular formula is C25H35IN4O2. The van der Waals surface area contributed by atoms with Gasteiger partial charge in [0.05, 0.1) is 7.11 Å². The molecule has 0 aromatic heterocycles. The average molecular weight is 550 g/mol. The van der Waals surface area contributed by atoms with Crippen molar-refractivity contribution < 1.29 is 9.53 Å². The van der Waals surface area contributed by atoms with Crippen LogP contribution in [0.5, 0.6) is 5.75 Å². The molecule has 32 heavy (non-hydrogen) atoms. The standard InChI is InChI=1S/C25H34N4O2.HI/c1-5-18(2)28-24(30)21-8-6-19(7-9-21)16-27-25(26-3)29-15-14-22(17-29)20-10-12-23(31-4)13-11-20;/h6-13,18,22H,5,14-17H2,1-4H3,(H,26,27)(H,28,30);1H. The van der Waals surface area contributed by atoms with Gasteiger partial charge in [0.25, 0.3) is 5.91 Å². The monoisotopic (exact) mass is 550 g/mol. The molecule has 2 atom stereocenters. The second kappa shape index (κ2) is 12.7. The van der Waals surface area contributed by atoms with Gasteiger partial charge in [0.15, 0.2) is 5.96 Å². The first-order chi connectivity index (χ1) is 15.0. The average Bonchev–Trinajstić information content (AvgIpc) is 3.30. The first kappa shape index (κ1) is 26.0. The van der Waals surface area contributed by atoms with Crippen molar-refractivity contribution in [1.82, 2.24) is 15.5 Å². The van der Waals surface area contributed by atoms with Crippen molar-refractivity contribution in [3.63, 3.8) is 0 Å². The number of carbonyl (C=O) groups is 1. The fraction of sp³-hybridized carbons (Fsp3) is 0.440. The predicted octanol–water partition coefficient (Wildman–Crippen LogP) is 4.41. The van der Waals surface area contributed by atoms with Crippen LogP contribution in [0.3, 0.4) is 0 Å². The molecule has 0 aliphatic carbocycles. The first-order valence-corrected chi connectivity index (χ1v) is 11.0. The summed E-state index contributed by atoms with van der Waals surface area (Å²) in [6.07, 6.45) is 2.02. The Bertz CT molecular complexity index is 884. The number of guanidine groups is 1. The number of rotatable bonds is 7. The van der Waals surface area contributed by atoms with Crippen LogP contribution in [0.1, 0.15) is 54.1 Å². The van der Waals surface area contributed by atoms with E-state index in [1.165, 1.54) is 5.56 Å². The van der Waals surface area contributed by atoms with Gasteiger partial charge in [0, 0.05) is 44.2 Å². The number of hydrogen-bond acceptors (Lipinski definition) is 3. The van der Waals surface area contributed by atoms with Crippen LogP contribution in [0, 0.1) is 0 Å². The second-order valence-corrected chi connectivity index (χ2v) is 8.09. The summed E-state index contributed by atoms with van der Waals surface area (Å²) >= 11 is 0. The molecule has 7 heteroatoms. The quantitative estimate of drug-likeness (QED) is 0.305. The number of ether oxygens (including phenoxy) is 1. The lowest BCUT2D eigenvalue weighted by Gasteiger charge is -2.22. The van der Waals surface area contributed by atoms with Gasteiger partial charge in [0.1, 0.15) is 5.75 Å². The van der Waals surface area contributed by atoms with Crippen LogP contribution in [-0.4, -0.2) is 50.1 Å². The normalized spacial score (nSPS) is 16.8. The number of methoxy groups -OCH3 is 1. The number of nitrogens with zero attached hydrogens (tertiary/aromatic N) is 2. The molecule has 0 bridgehead atoms. The Hall–Kier alpha value is -2.29. The van der Waals surface area contributed by atoms with Crippen molar-refractivity contribution in [2.24, 2.45) is 4.99 Å². The molecule has 6 nitrogen and oxygen atoms in total. The maximum atomic E-state index is 12.2. The maximum Gasteiger partial charge on any atom is 0.251 e. The summed E-state index contributed by atoms with van der Waals surface area (Å²) in [5.74, 6) is 2.27. The van der Waals surface area contributed by atoms with E-state index in [4.69, 9.17) is 4.74 Å². The van der Waals surface area contributed by atoms with Crippen molar-refractivity contribution in [1.29, 1.82) is 0 Å². The van der Waals surface area contributed by atoms with Crippen LogP contribution in [-0.2, 0) is 6.54 Å². The Morgan fingerprint density at radius 3 is 2.47 bits per heavy atom. The zero-order valence-electron chi connectivity index (χ0n) is 19.4. The highest BCUT2D eigenvalue weighted by atomic mass is 127.